The van der Waals surface area contributed by atoms with Gasteiger partial charge in [0.25, 0.3) is 0 Å². The Morgan fingerprint density at radius 1 is 0.955 bits per heavy atom. The third-order valence-electron chi connectivity index (χ3n) is 3.13. The zero-order valence-corrected chi connectivity index (χ0v) is 14.7. The van der Waals surface area contributed by atoms with E-state index >= 15 is 0 Å². The standard InChI is InChI=1S/C16H30N2O4/c1-15(2,3)21-13(19)18(14(20)22-16(4,5)6)11-12-7-9-17-10-8-12/h12,17H,7-11H2,1-6H3. The number of hydrogen-bond donors (Lipinski definition) is 1. The van der Waals surface area contributed by atoms with Crippen molar-refractivity contribution >= 4 is 12.2 Å². The molecule has 1 fully saturated rings. The van der Waals surface area contributed by atoms with Gasteiger partial charge in [0.1, 0.15) is 11.2 Å². The fourth-order valence-corrected chi connectivity index (χ4v) is 2.18. The van der Waals surface area contributed by atoms with Gasteiger partial charge in [-0.2, -0.15) is 0 Å². The van der Waals surface area contributed by atoms with Crippen LogP contribution in [0.2, 0.25) is 0 Å². The van der Waals surface area contributed by atoms with Crippen molar-refractivity contribution < 1.29 is 19.1 Å². The van der Waals surface area contributed by atoms with E-state index in [0.717, 1.165) is 30.8 Å². The van der Waals surface area contributed by atoms with Crippen molar-refractivity contribution in [1.29, 1.82) is 0 Å². The van der Waals surface area contributed by atoms with Crippen LogP contribution < -0.4 is 5.32 Å². The molecule has 6 nitrogen and oxygen atoms in total. The lowest BCUT2D eigenvalue weighted by Crippen LogP contribution is -2.47. The highest BCUT2D eigenvalue weighted by Crippen LogP contribution is 2.19. The number of amides is 2. The van der Waals surface area contributed by atoms with Crippen LogP contribution in [0.25, 0.3) is 0 Å². The number of imide groups is 1. The van der Waals surface area contributed by atoms with E-state index in [4.69, 9.17) is 9.47 Å². The molecule has 1 heterocycles. The van der Waals surface area contributed by atoms with Gasteiger partial charge in [-0.1, -0.05) is 0 Å². The molecule has 0 aromatic heterocycles. The van der Waals surface area contributed by atoms with Crippen molar-refractivity contribution in [2.75, 3.05) is 19.6 Å². The summed E-state index contributed by atoms with van der Waals surface area (Å²) in [6.07, 6.45) is 0.588. The zero-order chi connectivity index (χ0) is 17.0. The topological polar surface area (TPSA) is 67.9 Å². The molecule has 0 atom stereocenters. The van der Waals surface area contributed by atoms with Crippen molar-refractivity contribution in [3.05, 3.63) is 0 Å². The van der Waals surface area contributed by atoms with Crippen molar-refractivity contribution in [1.82, 2.24) is 10.2 Å². The summed E-state index contributed by atoms with van der Waals surface area (Å²) in [7, 11) is 0. The summed E-state index contributed by atoms with van der Waals surface area (Å²) in [4.78, 5) is 25.8. The minimum Gasteiger partial charge on any atom is -0.443 e. The first-order valence-corrected chi connectivity index (χ1v) is 7.92. The van der Waals surface area contributed by atoms with Gasteiger partial charge in [0, 0.05) is 6.54 Å². The molecule has 128 valence electrons. The molecule has 6 heteroatoms. The smallest absolute Gasteiger partial charge is 0.419 e. The summed E-state index contributed by atoms with van der Waals surface area (Å²) in [6.45, 7) is 12.8. The highest BCUT2D eigenvalue weighted by molar-refractivity contribution is 5.88. The Labute approximate surface area is 133 Å². The van der Waals surface area contributed by atoms with Gasteiger partial charge >= 0.3 is 12.2 Å². The van der Waals surface area contributed by atoms with Crippen molar-refractivity contribution in [2.45, 2.75) is 65.6 Å². The van der Waals surface area contributed by atoms with Gasteiger partial charge in [0.2, 0.25) is 0 Å². The zero-order valence-electron chi connectivity index (χ0n) is 14.7. The van der Waals surface area contributed by atoms with Crippen molar-refractivity contribution in [3.8, 4) is 0 Å². The SMILES string of the molecule is CC(C)(C)OC(=O)N(CC1CCNCC1)C(=O)OC(C)(C)C. The highest BCUT2D eigenvalue weighted by atomic mass is 16.6. The van der Waals surface area contributed by atoms with E-state index in [9.17, 15) is 9.59 Å². The van der Waals surface area contributed by atoms with Crippen LogP contribution in [0.3, 0.4) is 0 Å². The van der Waals surface area contributed by atoms with E-state index in [-0.39, 0.29) is 5.92 Å². The van der Waals surface area contributed by atoms with Gasteiger partial charge in [-0.15, -0.1) is 0 Å². The van der Waals surface area contributed by atoms with E-state index in [2.05, 4.69) is 5.32 Å². The van der Waals surface area contributed by atoms with Gasteiger partial charge < -0.3 is 14.8 Å². The number of ether oxygens (including phenoxy) is 2. The molecule has 0 unspecified atom stereocenters. The molecule has 0 bridgehead atoms. The summed E-state index contributed by atoms with van der Waals surface area (Å²) in [5.41, 5.74) is -1.29. The molecule has 1 saturated heterocycles. The summed E-state index contributed by atoms with van der Waals surface area (Å²) in [5.74, 6) is 0.279. The average Bonchev–Trinajstić information content (AvgIpc) is 2.32. The quantitative estimate of drug-likeness (QED) is 0.848. The lowest BCUT2D eigenvalue weighted by atomic mass is 9.98. The molecular weight excluding hydrogens is 284 g/mol. The maximum Gasteiger partial charge on any atom is 0.419 e. The first-order valence-electron chi connectivity index (χ1n) is 7.92. The number of hydrogen-bond acceptors (Lipinski definition) is 5. The molecule has 0 aromatic carbocycles. The van der Waals surface area contributed by atoms with Crippen LogP contribution in [0.1, 0.15) is 54.4 Å². The van der Waals surface area contributed by atoms with Gasteiger partial charge in [0.15, 0.2) is 0 Å². The van der Waals surface area contributed by atoms with Gasteiger partial charge in [0.05, 0.1) is 0 Å². The minimum absolute atomic E-state index is 0.279. The Bertz CT molecular complexity index is 362. The summed E-state index contributed by atoms with van der Waals surface area (Å²) >= 11 is 0. The average molecular weight is 314 g/mol. The van der Waals surface area contributed by atoms with Gasteiger partial charge in [-0.05, 0) is 73.4 Å². The Morgan fingerprint density at radius 3 is 1.73 bits per heavy atom. The molecule has 0 aromatic rings. The number of nitrogens with zero attached hydrogens (tertiary/aromatic N) is 1. The maximum atomic E-state index is 12.3. The van der Waals surface area contributed by atoms with Crippen LogP contribution in [0.15, 0.2) is 0 Å². The van der Waals surface area contributed by atoms with Crippen LogP contribution in [-0.2, 0) is 9.47 Å². The Hall–Kier alpha value is -1.30. The normalized spacial score (nSPS) is 17.0. The molecular formula is C16H30N2O4. The van der Waals surface area contributed by atoms with Crippen LogP contribution in [0.5, 0.6) is 0 Å². The molecule has 1 aliphatic rings. The first-order chi connectivity index (χ1) is 9.98. The second kappa shape index (κ2) is 7.31. The number of carbonyl (C=O) groups excluding carboxylic acids is 2. The highest BCUT2D eigenvalue weighted by Gasteiger charge is 2.33. The first kappa shape index (κ1) is 18.7. The lowest BCUT2D eigenvalue weighted by molar-refractivity contribution is -0.00225. The summed E-state index contributed by atoms with van der Waals surface area (Å²) in [5, 5.41) is 3.27. The fourth-order valence-electron chi connectivity index (χ4n) is 2.18. The Kier molecular flexibility index (Phi) is 6.23. The van der Waals surface area contributed by atoms with E-state index in [0.29, 0.717) is 6.54 Å². The maximum absolute atomic E-state index is 12.3. The van der Waals surface area contributed by atoms with Gasteiger partial charge in [-0.3, -0.25) is 0 Å². The third-order valence-corrected chi connectivity index (χ3v) is 3.13. The molecule has 2 amide bonds. The van der Waals surface area contributed by atoms with Crippen LogP contribution >= 0.6 is 0 Å². The molecule has 1 aliphatic heterocycles. The van der Waals surface area contributed by atoms with Crippen LogP contribution in [0.4, 0.5) is 9.59 Å². The predicted molar refractivity (Wildman–Crippen MR) is 84.8 cm³/mol. The summed E-state index contributed by atoms with van der Waals surface area (Å²) < 4.78 is 10.7. The fraction of sp³-hybridized carbons (Fsp3) is 0.875. The van der Waals surface area contributed by atoms with Crippen LogP contribution in [-0.4, -0.2) is 47.9 Å². The second-order valence-electron chi connectivity index (χ2n) is 7.76. The molecule has 1 N–H and O–H groups in total. The largest absolute Gasteiger partial charge is 0.443 e. The predicted octanol–water partition coefficient (Wildman–Crippen LogP) is 3.16. The lowest BCUT2D eigenvalue weighted by Gasteiger charge is -2.32. The molecule has 0 aliphatic carbocycles. The number of nitrogens with one attached hydrogen (secondary N) is 1. The van der Waals surface area contributed by atoms with Crippen LogP contribution in [0, 0.1) is 5.92 Å². The molecule has 1 rings (SSSR count). The second-order valence-corrected chi connectivity index (χ2v) is 7.76. The van der Waals surface area contributed by atoms with Crippen molar-refractivity contribution in [3.63, 3.8) is 0 Å². The number of piperidine rings is 1. The van der Waals surface area contributed by atoms with Crippen molar-refractivity contribution in [2.24, 2.45) is 5.92 Å². The molecule has 22 heavy (non-hydrogen) atoms. The van der Waals surface area contributed by atoms with Gasteiger partial charge in [-0.25, -0.2) is 14.5 Å². The van der Waals surface area contributed by atoms with E-state index in [1.54, 1.807) is 41.5 Å². The minimum atomic E-state index is -0.647. The molecule has 0 saturated carbocycles. The molecule has 0 spiro atoms. The Morgan fingerprint density at radius 2 is 1.36 bits per heavy atom. The van der Waals surface area contributed by atoms with E-state index < -0.39 is 23.4 Å². The van der Waals surface area contributed by atoms with E-state index in [1.165, 1.54) is 0 Å². The monoisotopic (exact) mass is 314 g/mol. The number of carbonyl (C=O) groups is 2. The molecule has 0 radical (unpaired) electrons. The number of rotatable bonds is 2. The third kappa shape index (κ3) is 7.11. The van der Waals surface area contributed by atoms with E-state index in [1.807, 2.05) is 0 Å². The summed E-state index contributed by atoms with van der Waals surface area (Å²) in [6, 6.07) is 0. The Balaban J connectivity index is 2.79.